The zero-order valence-electron chi connectivity index (χ0n) is 7.59. The summed E-state index contributed by atoms with van der Waals surface area (Å²) in [6.07, 6.45) is 3.32. The van der Waals surface area contributed by atoms with Gasteiger partial charge < -0.3 is 0 Å². The fraction of sp³-hybridized carbons (Fsp3) is 0. The summed E-state index contributed by atoms with van der Waals surface area (Å²) in [7, 11) is 0. The SMILES string of the molecule is O=c1[nH]nnn1/C=C/c1ccc(Br)cc1. The van der Waals surface area contributed by atoms with Gasteiger partial charge in [0.15, 0.2) is 0 Å². The summed E-state index contributed by atoms with van der Waals surface area (Å²) in [5.41, 5.74) is 0.622. The van der Waals surface area contributed by atoms with E-state index in [0.29, 0.717) is 0 Å². The first-order valence-corrected chi connectivity index (χ1v) is 4.98. The van der Waals surface area contributed by atoms with Crippen molar-refractivity contribution in [3.05, 3.63) is 44.8 Å². The fourth-order valence-electron chi connectivity index (χ4n) is 1.03. The Bertz CT molecular complexity index is 526. The Morgan fingerprint density at radius 3 is 2.67 bits per heavy atom. The lowest BCUT2D eigenvalue weighted by atomic mass is 10.2. The molecule has 0 saturated heterocycles. The van der Waals surface area contributed by atoms with Crippen molar-refractivity contribution in [1.29, 1.82) is 0 Å². The first-order valence-electron chi connectivity index (χ1n) is 4.19. The molecule has 0 atom stereocenters. The summed E-state index contributed by atoms with van der Waals surface area (Å²) in [5.74, 6) is 0. The van der Waals surface area contributed by atoms with Crippen molar-refractivity contribution in [2.24, 2.45) is 0 Å². The molecule has 0 unspecified atom stereocenters. The molecule has 5 nitrogen and oxygen atoms in total. The second-order valence-electron chi connectivity index (χ2n) is 2.82. The molecule has 1 aromatic carbocycles. The topological polar surface area (TPSA) is 63.6 Å². The number of hydrogen-bond donors (Lipinski definition) is 1. The molecule has 1 aromatic heterocycles. The number of aromatic nitrogens is 4. The fourth-order valence-corrected chi connectivity index (χ4v) is 1.30. The molecule has 0 radical (unpaired) electrons. The number of H-pyrrole nitrogens is 1. The Morgan fingerprint density at radius 1 is 1.33 bits per heavy atom. The van der Waals surface area contributed by atoms with Crippen LogP contribution in [0.5, 0.6) is 0 Å². The highest BCUT2D eigenvalue weighted by atomic mass is 79.9. The molecule has 0 spiro atoms. The van der Waals surface area contributed by atoms with Crippen LogP contribution in [-0.2, 0) is 0 Å². The second-order valence-corrected chi connectivity index (χ2v) is 3.73. The maximum absolute atomic E-state index is 11.0. The molecule has 2 rings (SSSR count). The van der Waals surface area contributed by atoms with Crippen LogP contribution < -0.4 is 5.69 Å². The van der Waals surface area contributed by atoms with Gasteiger partial charge in [0.25, 0.3) is 0 Å². The van der Waals surface area contributed by atoms with Crippen LogP contribution in [-0.4, -0.2) is 20.2 Å². The third kappa shape index (κ3) is 2.41. The molecular weight excluding hydrogens is 260 g/mol. The van der Waals surface area contributed by atoms with Crippen LogP contribution in [0.25, 0.3) is 12.3 Å². The largest absolute Gasteiger partial charge is 0.365 e. The van der Waals surface area contributed by atoms with Gasteiger partial charge in [0.2, 0.25) is 0 Å². The normalized spacial score (nSPS) is 11.0. The van der Waals surface area contributed by atoms with Crippen molar-refractivity contribution in [3.8, 4) is 0 Å². The molecule has 0 fully saturated rings. The smallest absolute Gasteiger partial charge is 0.244 e. The third-order valence-electron chi connectivity index (χ3n) is 1.77. The number of tetrazole rings is 1. The van der Waals surface area contributed by atoms with Gasteiger partial charge in [-0.05, 0) is 34.2 Å². The Kier molecular flexibility index (Phi) is 2.77. The lowest BCUT2D eigenvalue weighted by Crippen LogP contribution is -2.12. The van der Waals surface area contributed by atoms with E-state index >= 15 is 0 Å². The summed E-state index contributed by atoms with van der Waals surface area (Å²) < 4.78 is 2.14. The van der Waals surface area contributed by atoms with Gasteiger partial charge in [-0.15, -0.1) is 0 Å². The van der Waals surface area contributed by atoms with E-state index in [2.05, 4.69) is 31.5 Å². The number of rotatable bonds is 2. The Morgan fingerprint density at radius 2 is 2.07 bits per heavy atom. The van der Waals surface area contributed by atoms with Crippen molar-refractivity contribution in [3.63, 3.8) is 0 Å². The van der Waals surface area contributed by atoms with Crippen LogP contribution in [0.2, 0.25) is 0 Å². The molecule has 0 bridgehead atoms. The predicted molar refractivity (Wildman–Crippen MR) is 60.0 cm³/mol. The summed E-state index contributed by atoms with van der Waals surface area (Å²) in [5, 5.41) is 9.12. The average molecular weight is 267 g/mol. The summed E-state index contributed by atoms with van der Waals surface area (Å²) in [6.45, 7) is 0. The van der Waals surface area contributed by atoms with E-state index in [0.717, 1.165) is 14.7 Å². The maximum atomic E-state index is 11.0. The van der Waals surface area contributed by atoms with Crippen molar-refractivity contribution in [1.82, 2.24) is 20.2 Å². The van der Waals surface area contributed by atoms with Crippen molar-refractivity contribution in [2.75, 3.05) is 0 Å². The quantitative estimate of drug-likeness (QED) is 0.893. The van der Waals surface area contributed by atoms with Gasteiger partial charge in [0.05, 0.1) is 0 Å². The van der Waals surface area contributed by atoms with E-state index in [1.54, 1.807) is 12.3 Å². The number of nitrogens with zero attached hydrogens (tertiary/aromatic N) is 3. The average Bonchev–Trinajstić information content (AvgIpc) is 2.63. The zero-order valence-corrected chi connectivity index (χ0v) is 9.18. The van der Waals surface area contributed by atoms with Crippen molar-refractivity contribution < 1.29 is 0 Å². The molecule has 0 aliphatic carbocycles. The van der Waals surface area contributed by atoms with Crippen LogP contribution in [0.3, 0.4) is 0 Å². The minimum Gasteiger partial charge on any atom is -0.244 e. The van der Waals surface area contributed by atoms with Gasteiger partial charge in [-0.25, -0.2) is 9.89 Å². The van der Waals surface area contributed by atoms with Gasteiger partial charge in [0.1, 0.15) is 0 Å². The minimum absolute atomic E-state index is 0.358. The van der Waals surface area contributed by atoms with Gasteiger partial charge in [-0.2, -0.15) is 4.68 Å². The van der Waals surface area contributed by atoms with E-state index in [1.807, 2.05) is 24.3 Å². The lowest BCUT2D eigenvalue weighted by Gasteiger charge is -1.92. The number of benzene rings is 1. The van der Waals surface area contributed by atoms with Gasteiger partial charge in [0, 0.05) is 10.7 Å². The number of nitrogens with one attached hydrogen (secondary N) is 1. The molecular formula is C9H7BrN4O. The maximum Gasteiger partial charge on any atom is 0.365 e. The first-order chi connectivity index (χ1) is 7.25. The van der Waals surface area contributed by atoms with E-state index in [4.69, 9.17) is 0 Å². The molecule has 76 valence electrons. The predicted octanol–water partition coefficient (Wildman–Crippen LogP) is 1.36. The van der Waals surface area contributed by atoms with Crippen LogP contribution in [0, 0.1) is 0 Å². The molecule has 15 heavy (non-hydrogen) atoms. The molecule has 0 aliphatic heterocycles. The highest BCUT2D eigenvalue weighted by molar-refractivity contribution is 9.10. The molecule has 2 aromatic rings. The van der Waals surface area contributed by atoms with Gasteiger partial charge in [-0.3, -0.25) is 0 Å². The molecule has 1 heterocycles. The van der Waals surface area contributed by atoms with E-state index in [9.17, 15) is 4.79 Å². The number of halogens is 1. The monoisotopic (exact) mass is 266 g/mol. The highest BCUT2D eigenvalue weighted by Crippen LogP contribution is 2.11. The van der Waals surface area contributed by atoms with E-state index < -0.39 is 0 Å². The van der Waals surface area contributed by atoms with Crippen molar-refractivity contribution >= 4 is 28.2 Å². The van der Waals surface area contributed by atoms with E-state index in [-0.39, 0.29) is 5.69 Å². The summed E-state index contributed by atoms with van der Waals surface area (Å²) in [4.78, 5) is 11.0. The van der Waals surface area contributed by atoms with Crippen LogP contribution in [0.15, 0.2) is 33.5 Å². The van der Waals surface area contributed by atoms with Crippen LogP contribution in [0.1, 0.15) is 5.56 Å². The zero-order chi connectivity index (χ0) is 10.7. The number of hydrogen-bond acceptors (Lipinski definition) is 3. The van der Waals surface area contributed by atoms with Crippen molar-refractivity contribution in [2.45, 2.75) is 0 Å². The second kappa shape index (κ2) is 4.22. The molecule has 1 N–H and O–H groups in total. The molecule has 6 heteroatoms. The summed E-state index contributed by atoms with van der Waals surface area (Å²) >= 11 is 3.34. The third-order valence-corrected chi connectivity index (χ3v) is 2.30. The standard InChI is InChI=1S/C9H7BrN4O/c10-8-3-1-7(2-4-8)5-6-14-9(15)11-12-13-14/h1-6H,(H,11,13,15)/b6-5+. The summed E-state index contributed by atoms with van der Waals surface area (Å²) in [6, 6.07) is 7.69. The molecule has 0 saturated carbocycles. The Balaban J connectivity index is 2.22. The van der Waals surface area contributed by atoms with Crippen LogP contribution in [0.4, 0.5) is 0 Å². The number of aromatic amines is 1. The highest BCUT2D eigenvalue weighted by Gasteiger charge is 1.92. The van der Waals surface area contributed by atoms with E-state index in [1.165, 1.54) is 0 Å². The Hall–Kier alpha value is -1.69. The first kappa shape index (κ1) is 9.85. The molecule has 0 amide bonds. The van der Waals surface area contributed by atoms with Crippen LogP contribution >= 0.6 is 15.9 Å². The Labute approximate surface area is 93.5 Å². The molecule has 0 aliphatic rings. The minimum atomic E-state index is -0.358. The van der Waals surface area contributed by atoms with Gasteiger partial charge >= 0.3 is 5.69 Å². The van der Waals surface area contributed by atoms with Gasteiger partial charge in [-0.1, -0.05) is 28.1 Å². The lowest BCUT2D eigenvalue weighted by molar-refractivity contribution is 0.814.